The molecule has 6 heteroatoms. The molecule has 5 nitrogen and oxygen atoms in total. The fourth-order valence-electron chi connectivity index (χ4n) is 4.02. The lowest BCUT2D eigenvalue weighted by molar-refractivity contribution is -0.110. The largest absolute Gasteiger partial charge is 0.508 e. The average Bonchev–Trinajstić information content (AvgIpc) is 2.65. The van der Waals surface area contributed by atoms with E-state index in [0.717, 1.165) is 16.7 Å². The second-order valence-electron chi connectivity index (χ2n) is 6.71. The SMILES string of the molecule is O=C1C=CC2C(=C1)Cc1cc(O)ccc1C2c1ccc(N=S)cc1C(=O)O. The number of benzene rings is 2. The minimum atomic E-state index is -1.06. The lowest BCUT2D eigenvalue weighted by Gasteiger charge is -2.36. The fraction of sp³-hybridized carbons (Fsp3) is 0.143. The van der Waals surface area contributed by atoms with E-state index in [1.54, 1.807) is 30.3 Å². The van der Waals surface area contributed by atoms with Gasteiger partial charge in [-0.05, 0) is 59.5 Å². The highest BCUT2D eigenvalue weighted by molar-refractivity contribution is 7.47. The molecule has 2 aliphatic carbocycles. The Morgan fingerprint density at radius 1 is 1.15 bits per heavy atom. The van der Waals surface area contributed by atoms with E-state index in [1.165, 1.54) is 12.1 Å². The third-order valence-corrected chi connectivity index (χ3v) is 5.36. The number of carbonyl (C=O) groups excluding carboxylic acids is 1. The molecule has 2 N–H and O–H groups in total. The van der Waals surface area contributed by atoms with Gasteiger partial charge in [0.25, 0.3) is 0 Å². The van der Waals surface area contributed by atoms with E-state index in [9.17, 15) is 19.8 Å². The summed E-state index contributed by atoms with van der Waals surface area (Å²) in [4.78, 5) is 23.8. The molecule has 0 amide bonds. The van der Waals surface area contributed by atoms with Crippen molar-refractivity contribution >= 4 is 29.9 Å². The Morgan fingerprint density at radius 2 is 1.93 bits per heavy atom. The standard InChI is InChI=1S/C21H15NO4S/c23-14-2-5-16-11(8-14)7-12-9-15(24)3-6-17(12)20(16)18-4-1-13(22-27)10-19(18)21(25)26/h1-6,8-10,16,20,24H,7H2,(H,25,26). The predicted molar refractivity (Wildman–Crippen MR) is 102 cm³/mol. The Balaban J connectivity index is 1.97. The summed E-state index contributed by atoms with van der Waals surface area (Å²) in [6.45, 7) is 0. The van der Waals surface area contributed by atoms with Crippen LogP contribution in [0, 0.1) is 5.92 Å². The van der Waals surface area contributed by atoms with Gasteiger partial charge < -0.3 is 10.2 Å². The maximum absolute atomic E-state index is 11.9. The highest BCUT2D eigenvalue weighted by Gasteiger charge is 2.36. The number of hydrogen-bond donors (Lipinski definition) is 2. The quantitative estimate of drug-likeness (QED) is 0.849. The van der Waals surface area contributed by atoms with E-state index in [4.69, 9.17) is 12.4 Å². The second-order valence-corrected chi connectivity index (χ2v) is 6.89. The van der Waals surface area contributed by atoms with Crippen LogP contribution >= 0.6 is 0 Å². The third-order valence-electron chi connectivity index (χ3n) is 5.15. The zero-order valence-electron chi connectivity index (χ0n) is 14.1. The number of carbonyl (C=O) groups is 2. The van der Waals surface area contributed by atoms with E-state index in [1.807, 2.05) is 12.1 Å². The minimum Gasteiger partial charge on any atom is -0.508 e. The number of carboxylic acid groups (broad SMARTS) is 1. The maximum atomic E-state index is 11.9. The molecule has 0 fully saturated rings. The monoisotopic (exact) mass is 377 g/mol. The number of phenolic OH excluding ortho intramolecular Hbond substituents is 1. The molecule has 2 atom stereocenters. The van der Waals surface area contributed by atoms with Crippen LogP contribution in [0.25, 0.3) is 0 Å². The van der Waals surface area contributed by atoms with Gasteiger partial charge in [0.05, 0.1) is 11.3 Å². The number of ketones is 1. The number of allylic oxidation sites excluding steroid dienone is 4. The number of rotatable bonds is 3. The van der Waals surface area contributed by atoms with Crippen LogP contribution in [0.2, 0.25) is 0 Å². The normalized spacial score (nSPS) is 20.4. The number of carboxylic acids is 1. The molecule has 134 valence electrons. The first kappa shape index (κ1) is 17.3. The first-order valence-corrected chi connectivity index (χ1v) is 8.79. The number of hydrogen-bond acceptors (Lipinski definition) is 5. The molecule has 2 aromatic rings. The Kier molecular flexibility index (Phi) is 4.20. The molecule has 2 aromatic carbocycles. The molecule has 0 heterocycles. The van der Waals surface area contributed by atoms with Gasteiger partial charge in [-0.1, -0.05) is 23.8 Å². The number of fused-ring (bicyclic) bond motifs is 2. The average molecular weight is 377 g/mol. The molecule has 0 radical (unpaired) electrons. The van der Waals surface area contributed by atoms with Crippen LogP contribution in [0.1, 0.15) is 33.0 Å². The summed E-state index contributed by atoms with van der Waals surface area (Å²) in [5.74, 6) is -1.40. The van der Waals surface area contributed by atoms with Crippen LogP contribution < -0.4 is 0 Å². The smallest absolute Gasteiger partial charge is 0.336 e. The predicted octanol–water partition coefficient (Wildman–Crippen LogP) is 3.82. The summed E-state index contributed by atoms with van der Waals surface area (Å²) in [5, 5.41) is 19.6. The van der Waals surface area contributed by atoms with Gasteiger partial charge in [-0.15, -0.1) is 0 Å². The van der Waals surface area contributed by atoms with Crippen LogP contribution in [-0.4, -0.2) is 22.0 Å². The van der Waals surface area contributed by atoms with E-state index < -0.39 is 5.97 Å². The number of aromatic hydroxyl groups is 1. The molecular formula is C21H15NO4S. The molecule has 4 rings (SSSR count). The molecule has 0 saturated heterocycles. The lowest BCUT2D eigenvalue weighted by atomic mass is 9.67. The molecule has 0 saturated carbocycles. The van der Waals surface area contributed by atoms with Gasteiger partial charge in [0.2, 0.25) is 0 Å². The van der Waals surface area contributed by atoms with Crippen molar-refractivity contribution in [3.8, 4) is 5.75 Å². The van der Waals surface area contributed by atoms with Crippen molar-refractivity contribution < 1.29 is 19.8 Å². The summed E-state index contributed by atoms with van der Waals surface area (Å²) in [7, 11) is 0. The summed E-state index contributed by atoms with van der Waals surface area (Å²) in [5.41, 5.74) is 3.93. The third kappa shape index (κ3) is 2.98. The second kappa shape index (κ2) is 6.55. The van der Waals surface area contributed by atoms with E-state index in [0.29, 0.717) is 17.7 Å². The van der Waals surface area contributed by atoms with Crippen LogP contribution in [0.15, 0.2) is 64.6 Å². The van der Waals surface area contributed by atoms with Gasteiger partial charge in [-0.2, -0.15) is 4.36 Å². The topological polar surface area (TPSA) is 87.0 Å². The molecule has 0 spiro atoms. The van der Waals surface area contributed by atoms with Crippen molar-refractivity contribution in [2.24, 2.45) is 10.3 Å². The molecule has 2 unspecified atom stereocenters. The number of phenols is 1. The van der Waals surface area contributed by atoms with Crippen molar-refractivity contribution in [2.45, 2.75) is 12.3 Å². The van der Waals surface area contributed by atoms with Gasteiger partial charge in [0.1, 0.15) is 5.75 Å². The van der Waals surface area contributed by atoms with E-state index in [-0.39, 0.29) is 28.9 Å². The van der Waals surface area contributed by atoms with E-state index >= 15 is 0 Å². The first-order chi connectivity index (χ1) is 13.0. The van der Waals surface area contributed by atoms with Crippen molar-refractivity contribution in [3.63, 3.8) is 0 Å². The summed E-state index contributed by atoms with van der Waals surface area (Å²) in [6, 6.07) is 10.0. The molecule has 0 bridgehead atoms. The van der Waals surface area contributed by atoms with Crippen LogP contribution in [0.4, 0.5) is 5.69 Å². The Bertz CT molecular complexity index is 1050. The van der Waals surface area contributed by atoms with Gasteiger partial charge in [-0.25, -0.2) is 4.79 Å². The molecule has 0 aromatic heterocycles. The van der Waals surface area contributed by atoms with Crippen LogP contribution in [0.5, 0.6) is 5.75 Å². The first-order valence-electron chi connectivity index (χ1n) is 8.43. The summed E-state index contributed by atoms with van der Waals surface area (Å²) >= 11 is 4.69. The molecule has 2 aliphatic rings. The molecular weight excluding hydrogens is 362 g/mol. The Morgan fingerprint density at radius 3 is 2.67 bits per heavy atom. The fourth-order valence-corrected chi connectivity index (χ4v) is 4.14. The van der Waals surface area contributed by atoms with Gasteiger partial charge in [0.15, 0.2) is 5.78 Å². The lowest BCUT2D eigenvalue weighted by Crippen LogP contribution is -2.26. The van der Waals surface area contributed by atoms with Crippen molar-refractivity contribution in [3.05, 3.63) is 82.5 Å². The highest BCUT2D eigenvalue weighted by atomic mass is 32.1. The van der Waals surface area contributed by atoms with Crippen molar-refractivity contribution in [1.82, 2.24) is 0 Å². The van der Waals surface area contributed by atoms with Crippen molar-refractivity contribution in [1.29, 1.82) is 0 Å². The zero-order valence-corrected chi connectivity index (χ0v) is 14.9. The number of nitrogens with zero attached hydrogens (tertiary/aromatic N) is 1. The van der Waals surface area contributed by atoms with Gasteiger partial charge >= 0.3 is 5.97 Å². The Labute approximate surface area is 160 Å². The summed E-state index contributed by atoms with van der Waals surface area (Å²) in [6.07, 6.45) is 5.52. The molecule has 0 aliphatic heterocycles. The Hall–Kier alpha value is -3.12. The van der Waals surface area contributed by atoms with Gasteiger partial charge in [-0.3, -0.25) is 4.79 Å². The zero-order chi connectivity index (χ0) is 19.1. The summed E-state index contributed by atoms with van der Waals surface area (Å²) < 4.78 is 3.66. The van der Waals surface area contributed by atoms with Gasteiger partial charge in [0, 0.05) is 24.3 Å². The van der Waals surface area contributed by atoms with Crippen molar-refractivity contribution in [2.75, 3.05) is 0 Å². The molecule has 27 heavy (non-hydrogen) atoms. The van der Waals surface area contributed by atoms with Crippen LogP contribution in [-0.2, 0) is 23.6 Å². The number of aromatic carboxylic acids is 1. The minimum absolute atomic E-state index is 0.0812. The van der Waals surface area contributed by atoms with E-state index in [2.05, 4.69) is 4.36 Å². The highest BCUT2D eigenvalue weighted by Crippen LogP contribution is 2.47. The van der Waals surface area contributed by atoms with Crippen LogP contribution in [0.3, 0.4) is 0 Å². The maximum Gasteiger partial charge on any atom is 0.336 e.